The van der Waals surface area contributed by atoms with Gasteiger partial charge in [0, 0.05) is 17.1 Å². The van der Waals surface area contributed by atoms with E-state index in [0.717, 1.165) is 0 Å². The van der Waals surface area contributed by atoms with E-state index in [-0.39, 0.29) is 17.5 Å². The lowest BCUT2D eigenvalue weighted by atomic mass is 9.93. The summed E-state index contributed by atoms with van der Waals surface area (Å²) in [6.45, 7) is 1.94. The molecule has 1 N–H and O–H groups in total. The van der Waals surface area contributed by atoms with Gasteiger partial charge in [0.25, 0.3) is 0 Å². The second kappa shape index (κ2) is 6.24. The molecule has 1 heterocycles. The number of carbonyl (C=O) groups is 1. The molecule has 2 rings (SSSR count). The first-order chi connectivity index (χ1) is 9.73. The van der Waals surface area contributed by atoms with E-state index in [4.69, 9.17) is 16.7 Å². The second-order valence-electron chi connectivity index (χ2n) is 5.10. The molecular weight excluding hydrogens is 382 g/mol. The van der Waals surface area contributed by atoms with Gasteiger partial charge in [0.05, 0.1) is 15.8 Å². The lowest BCUT2D eigenvalue weighted by Gasteiger charge is -2.35. The van der Waals surface area contributed by atoms with Crippen molar-refractivity contribution in [2.45, 2.75) is 30.7 Å². The predicted octanol–water partition coefficient (Wildman–Crippen LogP) is 2.98. The van der Waals surface area contributed by atoms with Gasteiger partial charge in [-0.3, -0.25) is 4.79 Å². The van der Waals surface area contributed by atoms with Crippen LogP contribution in [-0.4, -0.2) is 36.4 Å². The Labute approximate surface area is 137 Å². The maximum absolute atomic E-state index is 12.7. The predicted molar refractivity (Wildman–Crippen MR) is 82.9 cm³/mol. The van der Waals surface area contributed by atoms with E-state index in [2.05, 4.69) is 15.9 Å². The molecule has 0 bridgehead atoms. The van der Waals surface area contributed by atoms with Crippen molar-refractivity contribution in [1.82, 2.24) is 4.31 Å². The molecular formula is C13H15BrClNO4S. The number of carboxylic acid groups (broad SMARTS) is 1. The summed E-state index contributed by atoms with van der Waals surface area (Å²) in [7, 11) is -3.65. The van der Waals surface area contributed by atoms with Crippen LogP contribution in [0.25, 0.3) is 0 Å². The van der Waals surface area contributed by atoms with Gasteiger partial charge in [0.2, 0.25) is 10.0 Å². The van der Waals surface area contributed by atoms with Crippen LogP contribution in [0.2, 0.25) is 5.02 Å². The van der Waals surface area contributed by atoms with Gasteiger partial charge in [0.15, 0.2) is 0 Å². The number of hydrogen-bond donors (Lipinski definition) is 1. The first-order valence-electron chi connectivity index (χ1n) is 6.43. The molecule has 1 saturated heterocycles. The summed E-state index contributed by atoms with van der Waals surface area (Å²) in [5.41, 5.74) is 0. The molecule has 0 amide bonds. The van der Waals surface area contributed by atoms with E-state index in [9.17, 15) is 13.2 Å². The highest BCUT2D eigenvalue weighted by molar-refractivity contribution is 9.10. The Kier molecular flexibility index (Phi) is 4.97. The first kappa shape index (κ1) is 16.7. The molecule has 2 atom stereocenters. The van der Waals surface area contributed by atoms with E-state index in [1.165, 1.54) is 22.5 Å². The van der Waals surface area contributed by atoms with Crippen LogP contribution in [0.5, 0.6) is 0 Å². The summed E-state index contributed by atoms with van der Waals surface area (Å²) in [4.78, 5) is 11.2. The molecule has 0 aliphatic carbocycles. The molecule has 1 aliphatic heterocycles. The van der Waals surface area contributed by atoms with E-state index in [1.807, 2.05) is 0 Å². The molecule has 1 aromatic rings. The third kappa shape index (κ3) is 3.41. The molecule has 1 fully saturated rings. The number of rotatable bonds is 3. The topological polar surface area (TPSA) is 74.7 Å². The fraction of sp³-hybridized carbons (Fsp3) is 0.462. The number of carboxylic acids is 1. The molecule has 0 aromatic heterocycles. The molecule has 0 saturated carbocycles. The van der Waals surface area contributed by atoms with Crippen molar-refractivity contribution in [3.8, 4) is 0 Å². The number of aliphatic carboxylic acids is 1. The molecule has 1 aromatic carbocycles. The average Bonchev–Trinajstić information content (AvgIpc) is 2.41. The summed E-state index contributed by atoms with van der Waals surface area (Å²) in [6, 6.07) is 4.10. The summed E-state index contributed by atoms with van der Waals surface area (Å²) in [5, 5.41) is 9.48. The van der Waals surface area contributed by atoms with E-state index < -0.39 is 21.9 Å². The van der Waals surface area contributed by atoms with Gasteiger partial charge in [-0.15, -0.1) is 0 Å². The van der Waals surface area contributed by atoms with E-state index in [0.29, 0.717) is 22.3 Å². The largest absolute Gasteiger partial charge is 0.481 e. The highest BCUT2D eigenvalue weighted by Gasteiger charge is 2.36. The van der Waals surface area contributed by atoms with Crippen LogP contribution < -0.4 is 0 Å². The van der Waals surface area contributed by atoms with Crippen molar-refractivity contribution in [3.63, 3.8) is 0 Å². The molecule has 1 aliphatic rings. The highest BCUT2D eigenvalue weighted by atomic mass is 79.9. The van der Waals surface area contributed by atoms with Gasteiger partial charge >= 0.3 is 5.97 Å². The van der Waals surface area contributed by atoms with Crippen LogP contribution in [0.4, 0.5) is 0 Å². The maximum atomic E-state index is 12.7. The Hall–Kier alpha value is -0.630. The van der Waals surface area contributed by atoms with Crippen molar-refractivity contribution in [2.24, 2.45) is 5.92 Å². The molecule has 0 spiro atoms. The van der Waals surface area contributed by atoms with Crippen LogP contribution in [0.3, 0.4) is 0 Å². The minimum atomic E-state index is -3.65. The van der Waals surface area contributed by atoms with Crippen LogP contribution >= 0.6 is 27.5 Å². The van der Waals surface area contributed by atoms with Crippen LogP contribution in [-0.2, 0) is 14.8 Å². The van der Waals surface area contributed by atoms with Crippen LogP contribution in [0, 0.1) is 5.92 Å². The van der Waals surface area contributed by atoms with Gasteiger partial charge in [-0.1, -0.05) is 11.6 Å². The van der Waals surface area contributed by atoms with Crippen molar-refractivity contribution in [1.29, 1.82) is 0 Å². The minimum absolute atomic E-state index is 0.152. The first-order valence-corrected chi connectivity index (χ1v) is 9.04. The molecule has 21 heavy (non-hydrogen) atoms. The van der Waals surface area contributed by atoms with Crippen LogP contribution in [0.1, 0.15) is 19.8 Å². The fourth-order valence-electron chi connectivity index (χ4n) is 2.50. The van der Waals surface area contributed by atoms with Gasteiger partial charge < -0.3 is 5.11 Å². The van der Waals surface area contributed by atoms with E-state index >= 15 is 0 Å². The number of piperidine rings is 1. The number of hydrogen-bond acceptors (Lipinski definition) is 3. The van der Waals surface area contributed by atoms with Gasteiger partial charge in [-0.2, -0.15) is 4.31 Å². The highest BCUT2D eigenvalue weighted by Crippen LogP contribution is 2.31. The number of sulfonamides is 1. The molecule has 8 heteroatoms. The van der Waals surface area contributed by atoms with E-state index in [1.54, 1.807) is 6.92 Å². The summed E-state index contributed by atoms with van der Waals surface area (Å²) >= 11 is 9.09. The van der Waals surface area contributed by atoms with Crippen LogP contribution in [0.15, 0.2) is 27.6 Å². The third-order valence-corrected chi connectivity index (χ3v) is 6.89. The molecule has 116 valence electrons. The Morgan fingerprint density at radius 1 is 1.48 bits per heavy atom. The number of halogens is 2. The maximum Gasteiger partial charge on any atom is 0.306 e. The lowest BCUT2D eigenvalue weighted by Crippen LogP contribution is -2.45. The Morgan fingerprint density at radius 2 is 2.14 bits per heavy atom. The SMILES string of the molecule is CC1CC(C(=O)O)CCN1S(=O)(=O)c1ccc(Cl)c(Br)c1. The summed E-state index contributed by atoms with van der Waals surface area (Å²) in [6.07, 6.45) is 0.650. The third-order valence-electron chi connectivity index (χ3n) is 3.66. The zero-order chi connectivity index (χ0) is 15.8. The van der Waals surface area contributed by atoms with Crippen molar-refractivity contribution >= 4 is 43.5 Å². The van der Waals surface area contributed by atoms with Crippen molar-refractivity contribution < 1.29 is 18.3 Å². The lowest BCUT2D eigenvalue weighted by molar-refractivity contribution is -0.143. The quantitative estimate of drug-likeness (QED) is 0.852. The smallest absolute Gasteiger partial charge is 0.306 e. The van der Waals surface area contributed by atoms with Gasteiger partial charge in [-0.25, -0.2) is 8.42 Å². The summed E-state index contributed by atoms with van der Waals surface area (Å²) < 4.78 is 27.2. The Bertz CT molecular complexity index is 664. The zero-order valence-electron chi connectivity index (χ0n) is 11.3. The van der Waals surface area contributed by atoms with Gasteiger partial charge in [-0.05, 0) is 53.9 Å². The van der Waals surface area contributed by atoms with Crippen molar-refractivity contribution in [3.05, 3.63) is 27.7 Å². The number of nitrogens with zero attached hydrogens (tertiary/aromatic N) is 1. The zero-order valence-corrected chi connectivity index (χ0v) is 14.4. The molecule has 2 unspecified atom stereocenters. The average molecular weight is 397 g/mol. The Balaban J connectivity index is 2.28. The van der Waals surface area contributed by atoms with Crippen molar-refractivity contribution in [2.75, 3.05) is 6.54 Å². The summed E-state index contributed by atoms with van der Waals surface area (Å²) in [5.74, 6) is -1.35. The Morgan fingerprint density at radius 3 is 2.67 bits per heavy atom. The van der Waals surface area contributed by atoms with Gasteiger partial charge in [0.1, 0.15) is 0 Å². The second-order valence-corrected chi connectivity index (χ2v) is 8.25. The number of benzene rings is 1. The fourth-order valence-corrected chi connectivity index (χ4v) is 4.84. The molecule has 5 nitrogen and oxygen atoms in total. The normalized spacial score (nSPS) is 24.0. The monoisotopic (exact) mass is 395 g/mol. The minimum Gasteiger partial charge on any atom is -0.481 e. The molecule has 0 radical (unpaired) electrons. The standard InChI is InChI=1S/C13H15BrClNO4S/c1-8-6-9(13(17)18)4-5-16(8)21(19,20)10-2-3-12(15)11(14)7-10/h2-3,7-9H,4-6H2,1H3,(H,17,18).